The lowest BCUT2D eigenvalue weighted by molar-refractivity contribution is 0.394. The Labute approximate surface area is 406 Å². The maximum absolute atomic E-state index is 2.48. The van der Waals surface area contributed by atoms with Gasteiger partial charge in [0.15, 0.2) is 0 Å². The summed E-state index contributed by atoms with van der Waals surface area (Å²) < 4.78 is 2.62. The molecular weight excluding hydrogens is 861 g/mol. The third-order valence-corrected chi connectivity index (χ3v) is 17.9. The number of allylic oxidation sites excluding steroid dienone is 4. The van der Waals surface area contributed by atoms with Crippen LogP contribution in [0.3, 0.4) is 0 Å². The molecule has 1 aliphatic heterocycles. The molecule has 14 rings (SSSR count). The molecule has 4 heteroatoms. The highest BCUT2D eigenvalue weighted by atomic mass is 32.2. The zero-order valence-electron chi connectivity index (χ0n) is 38.5. The summed E-state index contributed by atoms with van der Waals surface area (Å²) in [6, 6.07) is 68.6. The Morgan fingerprint density at radius 1 is 0.412 bits per heavy atom. The molecule has 1 aromatic heterocycles. The van der Waals surface area contributed by atoms with Crippen LogP contribution in [0.25, 0.3) is 53.2 Å². The molecule has 10 aromatic rings. The topological polar surface area (TPSA) is 6.48 Å². The van der Waals surface area contributed by atoms with Gasteiger partial charge in [-0.15, -0.1) is 11.3 Å². The molecule has 0 saturated heterocycles. The molecule has 2 unspecified atom stereocenters. The van der Waals surface area contributed by atoms with Crippen molar-refractivity contribution in [2.75, 3.05) is 9.80 Å². The Hall–Kier alpha value is -7.11. The van der Waals surface area contributed by atoms with Gasteiger partial charge in [0, 0.05) is 80.8 Å². The lowest BCUT2D eigenvalue weighted by Gasteiger charge is -2.30. The highest BCUT2D eigenvalue weighted by molar-refractivity contribution is 7.99. The summed E-state index contributed by atoms with van der Waals surface area (Å²) in [6.45, 7) is 9.57. The Balaban J connectivity index is 0.882. The molecule has 0 saturated carbocycles. The van der Waals surface area contributed by atoms with Crippen molar-refractivity contribution in [3.8, 4) is 22.3 Å². The number of nitrogens with zero attached hydrogens (tertiary/aromatic N) is 2. The first kappa shape index (κ1) is 40.0. The van der Waals surface area contributed by atoms with Crippen molar-refractivity contribution in [3.63, 3.8) is 0 Å². The second-order valence-corrected chi connectivity index (χ2v) is 22.3. The summed E-state index contributed by atoms with van der Waals surface area (Å²) >= 11 is 3.82. The van der Waals surface area contributed by atoms with Crippen molar-refractivity contribution in [3.05, 3.63) is 229 Å². The summed E-state index contributed by atoms with van der Waals surface area (Å²) in [7, 11) is 0. The fraction of sp³-hybridized carbons (Fsp3) is 0.125. The van der Waals surface area contributed by atoms with Crippen molar-refractivity contribution >= 4 is 88.2 Å². The highest BCUT2D eigenvalue weighted by Gasteiger charge is 2.45. The first-order valence-corrected chi connectivity index (χ1v) is 25.5. The van der Waals surface area contributed by atoms with E-state index in [1.54, 1.807) is 0 Å². The van der Waals surface area contributed by atoms with E-state index in [0.717, 1.165) is 17.1 Å². The molecule has 3 aliphatic carbocycles. The van der Waals surface area contributed by atoms with Crippen LogP contribution in [0.4, 0.5) is 34.1 Å². The predicted molar refractivity (Wildman–Crippen MR) is 291 cm³/mol. The molecule has 2 nitrogen and oxygen atoms in total. The van der Waals surface area contributed by atoms with Gasteiger partial charge < -0.3 is 9.80 Å². The van der Waals surface area contributed by atoms with Crippen LogP contribution in [0.1, 0.15) is 55.9 Å². The zero-order chi connectivity index (χ0) is 45.5. The van der Waals surface area contributed by atoms with Crippen molar-refractivity contribution in [2.45, 2.75) is 54.2 Å². The fourth-order valence-corrected chi connectivity index (χ4v) is 14.8. The average Bonchev–Trinajstić information content (AvgIpc) is 3.94. The summed E-state index contributed by atoms with van der Waals surface area (Å²) in [4.78, 5) is 7.48. The molecule has 0 radical (unpaired) electrons. The minimum absolute atomic E-state index is 0.0310. The van der Waals surface area contributed by atoms with Crippen molar-refractivity contribution in [1.82, 2.24) is 0 Å². The van der Waals surface area contributed by atoms with Gasteiger partial charge in [-0.25, -0.2) is 0 Å². The summed E-state index contributed by atoms with van der Waals surface area (Å²) in [5.74, 6) is 0.890. The van der Waals surface area contributed by atoms with E-state index in [4.69, 9.17) is 0 Å². The largest absolute Gasteiger partial charge is 0.310 e. The van der Waals surface area contributed by atoms with Crippen LogP contribution in [-0.4, -0.2) is 0 Å². The number of rotatable bonds is 6. The molecule has 0 spiro atoms. The van der Waals surface area contributed by atoms with E-state index >= 15 is 0 Å². The van der Waals surface area contributed by atoms with Crippen LogP contribution in [0.5, 0.6) is 0 Å². The van der Waals surface area contributed by atoms with Gasteiger partial charge in [-0.3, -0.25) is 0 Å². The Bertz CT molecular complexity index is 3800. The number of hydrogen-bond donors (Lipinski definition) is 0. The first-order valence-electron chi connectivity index (χ1n) is 23.9. The molecule has 2 atom stereocenters. The van der Waals surface area contributed by atoms with Crippen LogP contribution in [0, 0.1) is 5.92 Å². The zero-order valence-corrected chi connectivity index (χ0v) is 40.1. The van der Waals surface area contributed by atoms with Crippen LogP contribution >= 0.6 is 23.1 Å². The van der Waals surface area contributed by atoms with Gasteiger partial charge in [-0.2, -0.15) is 0 Å². The maximum Gasteiger partial charge on any atom is 0.0476 e. The highest BCUT2D eigenvalue weighted by Crippen LogP contribution is 2.57. The van der Waals surface area contributed by atoms with E-state index in [2.05, 4.69) is 244 Å². The number of fused-ring (bicyclic) bond motifs is 12. The van der Waals surface area contributed by atoms with Crippen molar-refractivity contribution in [2.24, 2.45) is 5.92 Å². The summed E-state index contributed by atoms with van der Waals surface area (Å²) in [6.07, 6.45) is 9.26. The number of benzene rings is 9. The van der Waals surface area contributed by atoms with Gasteiger partial charge in [0.1, 0.15) is 0 Å². The SMILES string of the molecule is CC1(C)c2ccccc2-c2ccc(N(c3ccccc3)c3ccc4c(c3)Sc3cccc5c3c-4cc3sc4cc(N(c6ccccc6)c6ccc7c(c6)C(C)(C)C6C=CC=CC76)ccc4c35)cc21. The van der Waals surface area contributed by atoms with E-state index < -0.39 is 0 Å². The third-order valence-electron chi connectivity index (χ3n) is 15.7. The second kappa shape index (κ2) is 14.7. The van der Waals surface area contributed by atoms with Crippen LogP contribution in [0.2, 0.25) is 0 Å². The smallest absolute Gasteiger partial charge is 0.0476 e. The molecule has 0 N–H and O–H groups in total. The molecule has 0 bridgehead atoms. The number of hydrogen-bond acceptors (Lipinski definition) is 4. The molecule has 9 aromatic carbocycles. The Kier molecular flexibility index (Phi) is 8.64. The Morgan fingerprint density at radius 2 is 1.04 bits per heavy atom. The molecule has 4 aliphatic rings. The number of para-hydroxylation sites is 2. The van der Waals surface area contributed by atoms with E-state index in [0.29, 0.717) is 11.8 Å². The second-order valence-electron chi connectivity index (χ2n) is 20.1. The monoisotopic (exact) mass is 908 g/mol. The molecule has 0 amide bonds. The molecule has 68 heavy (non-hydrogen) atoms. The molecule has 0 fully saturated rings. The van der Waals surface area contributed by atoms with Gasteiger partial charge in [-0.1, -0.05) is 161 Å². The third kappa shape index (κ3) is 5.77. The van der Waals surface area contributed by atoms with Gasteiger partial charge >= 0.3 is 0 Å². The predicted octanol–water partition coefficient (Wildman–Crippen LogP) is 18.7. The van der Waals surface area contributed by atoms with Crippen molar-refractivity contribution in [1.29, 1.82) is 0 Å². The molecule has 2 heterocycles. The van der Waals surface area contributed by atoms with E-state index in [1.807, 2.05) is 23.1 Å². The van der Waals surface area contributed by atoms with Gasteiger partial charge in [0.05, 0.1) is 0 Å². The van der Waals surface area contributed by atoms with E-state index in [-0.39, 0.29) is 10.8 Å². The maximum atomic E-state index is 2.48. The lowest BCUT2D eigenvalue weighted by atomic mass is 9.74. The van der Waals surface area contributed by atoms with E-state index in [9.17, 15) is 0 Å². The van der Waals surface area contributed by atoms with E-state index in [1.165, 1.54) is 102 Å². The summed E-state index contributed by atoms with van der Waals surface area (Å²) in [5, 5.41) is 5.35. The lowest BCUT2D eigenvalue weighted by Crippen LogP contribution is -2.24. The fourth-order valence-electron chi connectivity index (χ4n) is 12.4. The standard InChI is InChI=1S/C64H48N2S2/c1-63(2)53-23-13-11-20-45(53)47-30-26-41(34-55(47)63)65(39-16-7-5-8-17-39)43-28-32-49-52-38-60-61(51-22-15-25-57(62(51)52)67-58(49)36-43)50-33-29-44(37-59(50)68-60)66(40-18-9-6-10-19-40)42-27-31-48-46-21-12-14-24-54(46)64(3,4)56(48)35-42/h5-38,46,54H,1-4H3. The number of thiophene rings is 1. The van der Waals surface area contributed by atoms with Crippen LogP contribution in [0.15, 0.2) is 216 Å². The quantitative estimate of drug-likeness (QED) is 0.164. The normalized spacial score (nSPS) is 17.5. The minimum Gasteiger partial charge on any atom is -0.310 e. The van der Waals surface area contributed by atoms with Crippen LogP contribution < -0.4 is 9.80 Å². The molecule has 326 valence electrons. The van der Waals surface area contributed by atoms with Crippen LogP contribution in [-0.2, 0) is 10.8 Å². The van der Waals surface area contributed by atoms with Gasteiger partial charge in [0.25, 0.3) is 0 Å². The first-order chi connectivity index (χ1) is 33.2. The summed E-state index contributed by atoms with van der Waals surface area (Å²) in [5.41, 5.74) is 17.9. The van der Waals surface area contributed by atoms with Crippen molar-refractivity contribution < 1.29 is 0 Å². The van der Waals surface area contributed by atoms with Gasteiger partial charge in [0.2, 0.25) is 0 Å². The Morgan fingerprint density at radius 3 is 1.82 bits per heavy atom. The average molecular weight is 909 g/mol. The minimum atomic E-state index is -0.0896. The molecular formula is C64H48N2S2. The van der Waals surface area contributed by atoms with Gasteiger partial charge in [-0.05, 0) is 146 Å². The number of anilines is 6.